The van der Waals surface area contributed by atoms with E-state index in [0.717, 1.165) is 0 Å². The van der Waals surface area contributed by atoms with Crippen LogP contribution in [0.4, 0.5) is 9.59 Å². The predicted octanol–water partition coefficient (Wildman–Crippen LogP) is -1.23. The van der Waals surface area contributed by atoms with Crippen molar-refractivity contribution in [2.24, 2.45) is 5.90 Å². The van der Waals surface area contributed by atoms with Crippen molar-refractivity contribution in [3.8, 4) is 0 Å². The second kappa shape index (κ2) is 5.49. The molecule has 1 aliphatic rings. The maximum absolute atomic E-state index is 10.5. The number of nitrogens with zero attached hydrogens (tertiary/aromatic N) is 1. The van der Waals surface area contributed by atoms with Crippen LogP contribution in [-0.2, 0) is 4.84 Å². The van der Waals surface area contributed by atoms with Crippen molar-refractivity contribution in [3.63, 3.8) is 0 Å². The number of rotatable bonds is 4. The van der Waals surface area contributed by atoms with Crippen molar-refractivity contribution >= 4 is 12.2 Å². The van der Waals surface area contributed by atoms with Crippen molar-refractivity contribution in [3.05, 3.63) is 0 Å². The molecule has 0 bridgehead atoms. The summed E-state index contributed by atoms with van der Waals surface area (Å²) in [4.78, 5) is 27.1. The highest BCUT2D eigenvalue weighted by Gasteiger charge is 2.30. The van der Waals surface area contributed by atoms with Gasteiger partial charge in [0, 0.05) is 13.1 Å². The zero-order chi connectivity index (χ0) is 12.1. The van der Waals surface area contributed by atoms with E-state index in [4.69, 9.17) is 16.1 Å². The second-order valence-corrected chi connectivity index (χ2v) is 3.34. The fourth-order valence-electron chi connectivity index (χ4n) is 1.55. The molecule has 1 fully saturated rings. The standard InChI is InChI=1S/C7H14N4O5/c8-16-4-1-2-11(3-4)5(9-6(12)13)10-7(14)15/h4-5,9-10H,1-3,8H2,(H,12,13)(H,14,15)/t4-/m0/s1. The number of hydrogen-bond donors (Lipinski definition) is 5. The molecule has 6 N–H and O–H groups in total. The predicted molar refractivity (Wildman–Crippen MR) is 51.4 cm³/mol. The smallest absolute Gasteiger partial charge is 0.407 e. The van der Waals surface area contributed by atoms with Crippen LogP contribution in [-0.4, -0.2) is 52.8 Å². The quantitative estimate of drug-likeness (QED) is 0.303. The van der Waals surface area contributed by atoms with Crippen LogP contribution in [0, 0.1) is 0 Å². The van der Waals surface area contributed by atoms with Gasteiger partial charge in [-0.25, -0.2) is 15.5 Å². The molecular weight excluding hydrogens is 220 g/mol. The number of carboxylic acid groups (broad SMARTS) is 2. The highest BCUT2D eigenvalue weighted by molar-refractivity contribution is 5.68. The first-order chi connectivity index (χ1) is 7.52. The molecule has 16 heavy (non-hydrogen) atoms. The maximum atomic E-state index is 10.5. The third-order valence-electron chi connectivity index (χ3n) is 2.25. The highest BCUT2D eigenvalue weighted by Crippen LogP contribution is 2.12. The largest absolute Gasteiger partial charge is 0.465 e. The minimum Gasteiger partial charge on any atom is -0.465 e. The summed E-state index contributed by atoms with van der Waals surface area (Å²) in [5, 5.41) is 21.2. The summed E-state index contributed by atoms with van der Waals surface area (Å²) in [6.45, 7) is 0.856. The second-order valence-electron chi connectivity index (χ2n) is 3.34. The van der Waals surface area contributed by atoms with Crippen molar-refractivity contribution in [2.45, 2.75) is 18.8 Å². The van der Waals surface area contributed by atoms with Gasteiger partial charge in [-0.2, -0.15) is 0 Å². The van der Waals surface area contributed by atoms with Gasteiger partial charge in [0.2, 0.25) is 0 Å². The molecule has 0 aromatic rings. The molecule has 2 amide bonds. The van der Waals surface area contributed by atoms with Gasteiger partial charge in [0.05, 0.1) is 6.10 Å². The Morgan fingerprint density at radius 2 is 1.94 bits per heavy atom. The number of nitrogens with two attached hydrogens (primary N) is 1. The number of nitrogens with one attached hydrogen (secondary N) is 2. The first kappa shape index (κ1) is 12.5. The average Bonchev–Trinajstić information content (AvgIpc) is 2.63. The van der Waals surface area contributed by atoms with E-state index in [1.165, 1.54) is 0 Å². The third kappa shape index (κ3) is 3.53. The molecule has 0 aromatic carbocycles. The van der Waals surface area contributed by atoms with Crippen LogP contribution in [0.2, 0.25) is 0 Å². The van der Waals surface area contributed by atoms with Gasteiger partial charge in [0.25, 0.3) is 0 Å². The topological polar surface area (TPSA) is 137 Å². The van der Waals surface area contributed by atoms with Gasteiger partial charge in [0.15, 0.2) is 6.29 Å². The lowest BCUT2D eigenvalue weighted by atomic mass is 10.3. The highest BCUT2D eigenvalue weighted by atomic mass is 16.6. The summed E-state index contributed by atoms with van der Waals surface area (Å²) < 4.78 is 0. The third-order valence-corrected chi connectivity index (χ3v) is 2.25. The van der Waals surface area contributed by atoms with Crippen LogP contribution in [0.3, 0.4) is 0 Å². The lowest BCUT2D eigenvalue weighted by molar-refractivity contribution is 0.0499. The molecule has 1 saturated heterocycles. The van der Waals surface area contributed by atoms with E-state index in [1.54, 1.807) is 4.90 Å². The van der Waals surface area contributed by atoms with Crippen LogP contribution in [0.15, 0.2) is 0 Å². The van der Waals surface area contributed by atoms with Crippen molar-refractivity contribution in [2.75, 3.05) is 13.1 Å². The minimum atomic E-state index is -1.31. The van der Waals surface area contributed by atoms with E-state index < -0.39 is 18.5 Å². The summed E-state index contributed by atoms with van der Waals surface area (Å²) in [6, 6.07) is 0. The fourth-order valence-corrected chi connectivity index (χ4v) is 1.55. The van der Waals surface area contributed by atoms with E-state index in [0.29, 0.717) is 19.5 Å². The number of likely N-dealkylation sites (tertiary alicyclic amines) is 1. The summed E-state index contributed by atoms with van der Waals surface area (Å²) in [6.07, 6.45) is -3.20. The molecule has 1 atom stereocenters. The number of carbonyl (C=O) groups is 2. The normalized spacial score (nSPS) is 21.0. The van der Waals surface area contributed by atoms with Crippen LogP contribution < -0.4 is 16.5 Å². The molecule has 0 spiro atoms. The Morgan fingerprint density at radius 3 is 2.31 bits per heavy atom. The lowest BCUT2D eigenvalue weighted by Crippen LogP contribution is -2.57. The average molecular weight is 234 g/mol. The lowest BCUT2D eigenvalue weighted by Gasteiger charge is -2.26. The summed E-state index contributed by atoms with van der Waals surface area (Å²) >= 11 is 0. The van der Waals surface area contributed by atoms with E-state index >= 15 is 0 Å². The Labute approximate surface area is 91.1 Å². The zero-order valence-electron chi connectivity index (χ0n) is 8.42. The Kier molecular flexibility index (Phi) is 4.28. The molecule has 0 unspecified atom stereocenters. The van der Waals surface area contributed by atoms with Crippen LogP contribution in [0.1, 0.15) is 6.42 Å². The van der Waals surface area contributed by atoms with Gasteiger partial charge in [0.1, 0.15) is 0 Å². The molecule has 0 saturated carbocycles. The SMILES string of the molecule is NO[C@H]1CCN(C(NC(=O)O)NC(=O)O)C1. The molecule has 92 valence electrons. The first-order valence-electron chi connectivity index (χ1n) is 4.61. The van der Waals surface area contributed by atoms with Gasteiger partial charge in [-0.1, -0.05) is 0 Å². The minimum absolute atomic E-state index is 0.214. The Bertz CT molecular complexity index is 258. The van der Waals surface area contributed by atoms with Crippen molar-refractivity contribution in [1.82, 2.24) is 15.5 Å². The summed E-state index contributed by atoms with van der Waals surface area (Å²) in [5.41, 5.74) is 0. The fraction of sp³-hybridized carbons (Fsp3) is 0.714. The molecule has 9 heteroatoms. The molecule has 0 aromatic heterocycles. The molecule has 1 rings (SSSR count). The molecule has 0 aliphatic carbocycles. The summed E-state index contributed by atoms with van der Waals surface area (Å²) in [7, 11) is 0. The zero-order valence-corrected chi connectivity index (χ0v) is 8.42. The van der Waals surface area contributed by atoms with E-state index in [-0.39, 0.29) is 6.10 Å². The number of hydrogen-bond acceptors (Lipinski definition) is 5. The van der Waals surface area contributed by atoms with Gasteiger partial charge < -0.3 is 10.2 Å². The Balaban J connectivity index is 2.55. The maximum Gasteiger partial charge on any atom is 0.407 e. The molecular formula is C7H14N4O5. The van der Waals surface area contributed by atoms with E-state index in [1.807, 2.05) is 0 Å². The van der Waals surface area contributed by atoms with Gasteiger partial charge >= 0.3 is 12.2 Å². The van der Waals surface area contributed by atoms with Gasteiger partial charge in [-0.05, 0) is 6.42 Å². The summed E-state index contributed by atoms with van der Waals surface area (Å²) in [5.74, 6) is 5.00. The van der Waals surface area contributed by atoms with Crippen LogP contribution in [0.5, 0.6) is 0 Å². The van der Waals surface area contributed by atoms with Crippen molar-refractivity contribution < 1.29 is 24.6 Å². The Hall–Kier alpha value is -1.58. The Morgan fingerprint density at radius 1 is 1.38 bits per heavy atom. The molecule has 0 radical (unpaired) electrons. The van der Waals surface area contributed by atoms with Crippen LogP contribution in [0.25, 0.3) is 0 Å². The first-order valence-corrected chi connectivity index (χ1v) is 4.61. The molecule has 1 heterocycles. The van der Waals surface area contributed by atoms with Gasteiger partial charge in [-0.15, -0.1) is 0 Å². The van der Waals surface area contributed by atoms with Crippen LogP contribution >= 0.6 is 0 Å². The van der Waals surface area contributed by atoms with Gasteiger partial charge in [-0.3, -0.25) is 20.4 Å². The monoisotopic (exact) mass is 234 g/mol. The molecule has 9 nitrogen and oxygen atoms in total. The number of amides is 2. The van der Waals surface area contributed by atoms with E-state index in [2.05, 4.69) is 15.5 Å². The van der Waals surface area contributed by atoms with E-state index in [9.17, 15) is 9.59 Å². The van der Waals surface area contributed by atoms with Crippen molar-refractivity contribution in [1.29, 1.82) is 0 Å². The molecule has 1 aliphatic heterocycles.